The third-order valence-corrected chi connectivity index (χ3v) is 4.08. The lowest BCUT2D eigenvalue weighted by molar-refractivity contribution is 0.179. The molecule has 0 aromatic heterocycles. The highest BCUT2D eigenvalue weighted by Gasteiger charge is 2.25. The first-order chi connectivity index (χ1) is 9.17. The van der Waals surface area contributed by atoms with Crippen LogP contribution in [0.2, 0.25) is 0 Å². The lowest BCUT2D eigenvalue weighted by Gasteiger charge is -2.35. The molecule has 0 amide bonds. The fraction of sp³-hybridized carbons (Fsp3) is 0.625. The molecular weight excluding hydrogens is 318 g/mol. The van der Waals surface area contributed by atoms with Crippen molar-refractivity contribution in [2.75, 3.05) is 13.1 Å². The van der Waals surface area contributed by atoms with Gasteiger partial charge in [0.1, 0.15) is 0 Å². The zero-order valence-electron chi connectivity index (χ0n) is 12.4. The third-order valence-electron chi connectivity index (χ3n) is 4.08. The Balaban J connectivity index is 0.00000200. The van der Waals surface area contributed by atoms with Crippen LogP contribution in [0.25, 0.3) is 0 Å². The third kappa shape index (κ3) is 3.67. The minimum Gasteiger partial charge on any atom is -0.504 e. The standard InChI is InChI=1S/C16H25NO2.BrH/c1-3-9-17(10-4-2)13-6-7-14-12(11-13)5-8-15(18)16(14)19;/h5,8,13,18-19H,3-4,6-7,9-11H2,1-2H3;1H/t13-;/m1./s1. The minimum atomic E-state index is 0. The average molecular weight is 344 g/mol. The second-order valence-corrected chi connectivity index (χ2v) is 5.50. The number of hydrogen-bond acceptors (Lipinski definition) is 3. The van der Waals surface area contributed by atoms with Gasteiger partial charge in [0.05, 0.1) is 0 Å². The van der Waals surface area contributed by atoms with E-state index in [1.807, 2.05) is 6.07 Å². The van der Waals surface area contributed by atoms with Crippen LogP contribution in [0, 0.1) is 0 Å². The van der Waals surface area contributed by atoms with Crippen molar-refractivity contribution in [2.45, 2.75) is 52.0 Å². The summed E-state index contributed by atoms with van der Waals surface area (Å²) in [6.45, 7) is 6.75. The van der Waals surface area contributed by atoms with Gasteiger partial charge >= 0.3 is 0 Å². The van der Waals surface area contributed by atoms with Crippen LogP contribution in [0.5, 0.6) is 11.5 Å². The maximum atomic E-state index is 9.91. The molecule has 2 N–H and O–H groups in total. The number of hydrogen-bond donors (Lipinski definition) is 2. The largest absolute Gasteiger partial charge is 0.504 e. The molecule has 0 fully saturated rings. The Kier molecular flexibility index (Phi) is 6.83. The molecule has 114 valence electrons. The number of phenolic OH excluding ortho intramolecular Hbond substituents is 2. The van der Waals surface area contributed by atoms with Gasteiger partial charge in [0.2, 0.25) is 0 Å². The van der Waals surface area contributed by atoms with E-state index in [9.17, 15) is 10.2 Å². The lowest BCUT2D eigenvalue weighted by atomic mass is 9.86. The second-order valence-electron chi connectivity index (χ2n) is 5.50. The molecule has 2 rings (SSSR count). The van der Waals surface area contributed by atoms with Crippen molar-refractivity contribution in [3.63, 3.8) is 0 Å². The highest BCUT2D eigenvalue weighted by atomic mass is 79.9. The van der Waals surface area contributed by atoms with Gasteiger partial charge in [0, 0.05) is 11.6 Å². The number of halogens is 1. The van der Waals surface area contributed by atoms with Crippen LogP contribution in [0.4, 0.5) is 0 Å². The molecule has 3 nitrogen and oxygen atoms in total. The molecule has 4 heteroatoms. The van der Waals surface area contributed by atoms with E-state index in [-0.39, 0.29) is 28.5 Å². The Bertz CT molecular complexity index is 431. The van der Waals surface area contributed by atoms with E-state index in [4.69, 9.17) is 0 Å². The van der Waals surface area contributed by atoms with Gasteiger partial charge in [-0.1, -0.05) is 19.9 Å². The van der Waals surface area contributed by atoms with Crippen molar-refractivity contribution in [3.05, 3.63) is 23.3 Å². The summed E-state index contributed by atoms with van der Waals surface area (Å²) >= 11 is 0. The number of nitrogens with zero attached hydrogens (tertiary/aromatic N) is 1. The Hall–Kier alpha value is -0.740. The Morgan fingerprint density at radius 2 is 1.80 bits per heavy atom. The first-order valence-electron chi connectivity index (χ1n) is 7.44. The van der Waals surface area contributed by atoms with E-state index in [1.54, 1.807) is 6.07 Å². The van der Waals surface area contributed by atoms with E-state index in [0.29, 0.717) is 6.04 Å². The van der Waals surface area contributed by atoms with E-state index in [1.165, 1.54) is 18.4 Å². The molecule has 1 aliphatic carbocycles. The van der Waals surface area contributed by atoms with E-state index in [0.717, 1.165) is 37.9 Å². The summed E-state index contributed by atoms with van der Waals surface area (Å²) in [5, 5.41) is 19.5. The van der Waals surface area contributed by atoms with Gasteiger partial charge < -0.3 is 15.1 Å². The predicted octanol–water partition coefficient (Wildman–Crippen LogP) is 3.66. The maximum Gasteiger partial charge on any atom is 0.160 e. The van der Waals surface area contributed by atoms with Crippen molar-refractivity contribution in [2.24, 2.45) is 0 Å². The van der Waals surface area contributed by atoms with Crippen LogP contribution in [0.1, 0.15) is 44.2 Å². The molecule has 1 atom stereocenters. The highest BCUT2D eigenvalue weighted by molar-refractivity contribution is 8.93. The number of benzene rings is 1. The number of rotatable bonds is 5. The van der Waals surface area contributed by atoms with E-state index < -0.39 is 0 Å². The molecule has 0 unspecified atom stereocenters. The Morgan fingerprint density at radius 1 is 1.15 bits per heavy atom. The number of aromatic hydroxyl groups is 2. The highest BCUT2D eigenvalue weighted by Crippen LogP contribution is 2.36. The normalized spacial score (nSPS) is 17.6. The van der Waals surface area contributed by atoms with Crippen molar-refractivity contribution >= 4 is 17.0 Å². The van der Waals surface area contributed by atoms with Gasteiger partial charge in [0.25, 0.3) is 0 Å². The molecule has 1 aromatic rings. The van der Waals surface area contributed by atoms with Crippen molar-refractivity contribution in [3.8, 4) is 11.5 Å². The maximum absolute atomic E-state index is 9.91. The quantitative estimate of drug-likeness (QED) is 0.802. The van der Waals surface area contributed by atoms with Gasteiger partial charge in [0.15, 0.2) is 11.5 Å². The van der Waals surface area contributed by atoms with Crippen LogP contribution in [-0.2, 0) is 12.8 Å². The number of phenols is 2. The van der Waals surface area contributed by atoms with Crippen LogP contribution in [0.3, 0.4) is 0 Å². The van der Waals surface area contributed by atoms with E-state index in [2.05, 4.69) is 18.7 Å². The first kappa shape index (κ1) is 17.3. The van der Waals surface area contributed by atoms with Crippen LogP contribution in [0.15, 0.2) is 12.1 Å². The molecule has 0 bridgehead atoms. The predicted molar refractivity (Wildman–Crippen MR) is 88.1 cm³/mol. The lowest BCUT2D eigenvalue weighted by Crippen LogP contribution is -2.40. The zero-order chi connectivity index (χ0) is 13.8. The molecule has 20 heavy (non-hydrogen) atoms. The number of fused-ring (bicyclic) bond motifs is 1. The Labute approximate surface area is 132 Å². The van der Waals surface area contributed by atoms with Gasteiger partial charge in [-0.25, -0.2) is 0 Å². The summed E-state index contributed by atoms with van der Waals surface area (Å²) in [4.78, 5) is 2.58. The van der Waals surface area contributed by atoms with Gasteiger partial charge in [-0.05, 0) is 56.8 Å². The molecule has 0 aliphatic heterocycles. The average Bonchev–Trinajstić information content (AvgIpc) is 2.42. The molecular formula is C16H26BrNO2. The topological polar surface area (TPSA) is 43.7 Å². The van der Waals surface area contributed by atoms with Crippen molar-refractivity contribution in [1.82, 2.24) is 4.90 Å². The van der Waals surface area contributed by atoms with Crippen LogP contribution < -0.4 is 0 Å². The van der Waals surface area contributed by atoms with E-state index >= 15 is 0 Å². The summed E-state index contributed by atoms with van der Waals surface area (Å²) in [5.41, 5.74) is 2.15. The summed E-state index contributed by atoms with van der Waals surface area (Å²) in [6, 6.07) is 4.16. The molecule has 1 aromatic carbocycles. The van der Waals surface area contributed by atoms with Crippen LogP contribution >= 0.6 is 17.0 Å². The SMILES string of the molecule is Br.CCCN(CCC)[C@@H]1CCc2c(ccc(O)c2O)C1. The molecule has 0 radical (unpaired) electrons. The second kappa shape index (κ2) is 7.89. The van der Waals surface area contributed by atoms with Gasteiger partial charge in [-0.2, -0.15) is 0 Å². The Morgan fingerprint density at radius 3 is 2.40 bits per heavy atom. The fourth-order valence-electron chi connectivity index (χ4n) is 3.17. The molecule has 0 saturated carbocycles. The minimum absolute atomic E-state index is 0. The molecule has 1 aliphatic rings. The van der Waals surface area contributed by atoms with Crippen molar-refractivity contribution < 1.29 is 10.2 Å². The smallest absolute Gasteiger partial charge is 0.160 e. The van der Waals surface area contributed by atoms with Crippen molar-refractivity contribution in [1.29, 1.82) is 0 Å². The molecule has 0 heterocycles. The summed E-state index contributed by atoms with van der Waals surface area (Å²) in [5.74, 6) is 0.102. The van der Waals surface area contributed by atoms with Gasteiger partial charge in [-0.15, -0.1) is 17.0 Å². The summed E-state index contributed by atoms with van der Waals surface area (Å²) < 4.78 is 0. The zero-order valence-corrected chi connectivity index (χ0v) is 14.1. The summed E-state index contributed by atoms with van der Waals surface area (Å²) in [6.07, 6.45) is 5.30. The molecule has 0 saturated heterocycles. The van der Waals surface area contributed by atoms with Crippen LogP contribution in [-0.4, -0.2) is 34.2 Å². The fourth-order valence-corrected chi connectivity index (χ4v) is 3.17. The monoisotopic (exact) mass is 343 g/mol. The summed E-state index contributed by atoms with van der Waals surface area (Å²) in [7, 11) is 0. The van der Waals surface area contributed by atoms with Gasteiger partial charge in [-0.3, -0.25) is 0 Å². The molecule has 0 spiro atoms. The first-order valence-corrected chi connectivity index (χ1v) is 7.44.